The minimum atomic E-state index is -0.417. The van der Waals surface area contributed by atoms with E-state index in [1.165, 1.54) is 6.07 Å². The summed E-state index contributed by atoms with van der Waals surface area (Å²) in [6.07, 6.45) is 1.50. The van der Waals surface area contributed by atoms with Gasteiger partial charge >= 0.3 is 5.63 Å². The fourth-order valence-electron chi connectivity index (χ4n) is 3.19. The van der Waals surface area contributed by atoms with E-state index in [2.05, 4.69) is 5.32 Å². The lowest BCUT2D eigenvalue weighted by molar-refractivity contribution is -0.118. The highest BCUT2D eigenvalue weighted by molar-refractivity contribution is 6.32. The third-order valence-electron chi connectivity index (χ3n) is 4.63. The summed E-state index contributed by atoms with van der Waals surface area (Å²) in [6, 6.07) is 10.4. The van der Waals surface area contributed by atoms with Crippen LogP contribution in [0.5, 0.6) is 5.75 Å². The molecule has 1 heterocycles. The average molecular weight is 400 g/mol. The molecule has 0 aliphatic carbocycles. The molecule has 2 aromatic carbocycles. The summed E-state index contributed by atoms with van der Waals surface area (Å²) in [4.78, 5) is 24.0. The number of aryl methyl sites for hydroxylation is 2. The van der Waals surface area contributed by atoms with Crippen LogP contribution in [0.2, 0.25) is 5.02 Å². The zero-order chi connectivity index (χ0) is 20.3. The van der Waals surface area contributed by atoms with Crippen molar-refractivity contribution in [1.82, 2.24) is 0 Å². The maximum absolute atomic E-state index is 12.5. The number of carbonyl (C=O) groups is 1. The number of carbonyl (C=O) groups excluding carboxylic acids is 1. The fourth-order valence-corrected chi connectivity index (χ4v) is 3.48. The molecule has 0 saturated heterocycles. The number of anilines is 1. The fraction of sp³-hybridized carbons (Fsp3) is 0.273. The molecule has 6 heteroatoms. The van der Waals surface area contributed by atoms with Crippen LogP contribution in [0, 0.1) is 6.92 Å². The van der Waals surface area contributed by atoms with Crippen LogP contribution in [0.1, 0.15) is 30.5 Å². The van der Waals surface area contributed by atoms with Gasteiger partial charge < -0.3 is 14.5 Å². The molecular weight excluding hydrogens is 378 g/mol. The van der Waals surface area contributed by atoms with Gasteiger partial charge in [0.25, 0.3) is 5.91 Å². The Kier molecular flexibility index (Phi) is 6.05. The molecule has 0 fully saturated rings. The van der Waals surface area contributed by atoms with Gasteiger partial charge in [0, 0.05) is 28.2 Å². The second kappa shape index (κ2) is 8.48. The summed E-state index contributed by atoms with van der Waals surface area (Å²) in [5.74, 6) is 0.173. The first-order chi connectivity index (χ1) is 13.4. The number of halogens is 1. The standard InChI is InChI=1S/C22H22ClNO4/c1-4-14-6-9-18(23)16(5-2)22(14)24-20(25)12-27-15-7-8-17-13(3)10-21(26)28-19(17)11-15/h6-11H,4-5,12H2,1-3H3,(H,24,25). The van der Waals surface area contributed by atoms with Gasteiger partial charge in [0.2, 0.25) is 0 Å². The van der Waals surface area contributed by atoms with Crippen molar-refractivity contribution in [3.63, 3.8) is 0 Å². The summed E-state index contributed by atoms with van der Waals surface area (Å²) < 4.78 is 10.8. The molecule has 1 amide bonds. The highest BCUT2D eigenvalue weighted by Crippen LogP contribution is 2.29. The van der Waals surface area contributed by atoms with Crippen LogP contribution < -0.4 is 15.7 Å². The number of nitrogens with one attached hydrogen (secondary N) is 1. The largest absolute Gasteiger partial charge is 0.484 e. The van der Waals surface area contributed by atoms with Crippen molar-refractivity contribution in [2.75, 3.05) is 11.9 Å². The van der Waals surface area contributed by atoms with Gasteiger partial charge in [-0.2, -0.15) is 0 Å². The van der Waals surface area contributed by atoms with Crippen LogP contribution in [0.3, 0.4) is 0 Å². The van der Waals surface area contributed by atoms with Crippen molar-refractivity contribution in [2.24, 2.45) is 0 Å². The van der Waals surface area contributed by atoms with Gasteiger partial charge in [0.05, 0.1) is 0 Å². The Labute approximate surface area is 168 Å². The van der Waals surface area contributed by atoms with E-state index >= 15 is 0 Å². The van der Waals surface area contributed by atoms with E-state index in [0.717, 1.165) is 34.2 Å². The number of amides is 1. The average Bonchev–Trinajstić information content (AvgIpc) is 2.66. The number of benzene rings is 2. The maximum Gasteiger partial charge on any atom is 0.336 e. The van der Waals surface area contributed by atoms with E-state index in [0.29, 0.717) is 22.8 Å². The van der Waals surface area contributed by atoms with Gasteiger partial charge in [0.1, 0.15) is 11.3 Å². The highest BCUT2D eigenvalue weighted by atomic mass is 35.5. The highest BCUT2D eigenvalue weighted by Gasteiger charge is 2.14. The zero-order valence-corrected chi connectivity index (χ0v) is 16.9. The second-order valence-electron chi connectivity index (χ2n) is 6.51. The predicted octanol–water partition coefficient (Wildman–Crippen LogP) is 4.90. The minimum Gasteiger partial charge on any atom is -0.484 e. The third kappa shape index (κ3) is 4.20. The van der Waals surface area contributed by atoms with E-state index in [4.69, 9.17) is 20.8 Å². The molecule has 28 heavy (non-hydrogen) atoms. The number of fused-ring (bicyclic) bond motifs is 1. The summed E-state index contributed by atoms with van der Waals surface area (Å²) in [5.41, 5.74) is 3.54. The molecule has 0 bridgehead atoms. The summed E-state index contributed by atoms with van der Waals surface area (Å²) in [7, 11) is 0. The lowest BCUT2D eigenvalue weighted by atomic mass is 10.0. The Hall–Kier alpha value is -2.79. The monoisotopic (exact) mass is 399 g/mol. The van der Waals surface area contributed by atoms with Gasteiger partial charge in [-0.1, -0.05) is 31.5 Å². The van der Waals surface area contributed by atoms with E-state index in [1.807, 2.05) is 39.0 Å². The molecule has 3 aromatic rings. The van der Waals surface area contributed by atoms with Crippen molar-refractivity contribution in [3.8, 4) is 5.75 Å². The van der Waals surface area contributed by atoms with Gasteiger partial charge in [-0.15, -0.1) is 0 Å². The Morgan fingerprint density at radius 1 is 1.14 bits per heavy atom. The van der Waals surface area contributed by atoms with Crippen molar-refractivity contribution < 1.29 is 13.9 Å². The summed E-state index contributed by atoms with van der Waals surface area (Å²) in [6.45, 7) is 5.70. The third-order valence-corrected chi connectivity index (χ3v) is 4.99. The van der Waals surface area contributed by atoms with Gasteiger partial charge in [-0.25, -0.2) is 4.79 Å². The van der Waals surface area contributed by atoms with Crippen LogP contribution in [0.25, 0.3) is 11.0 Å². The van der Waals surface area contributed by atoms with Crippen LogP contribution in [0.4, 0.5) is 5.69 Å². The van der Waals surface area contributed by atoms with Crippen molar-refractivity contribution in [2.45, 2.75) is 33.6 Å². The second-order valence-corrected chi connectivity index (χ2v) is 6.92. The first-order valence-corrected chi connectivity index (χ1v) is 9.58. The molecule has 1 aromatic heterocycles. The molecule has 0 radical (unpaired) electrons. The van der Waals surface area contributed by atoms with Crippen molar-refractivity contribution in [3.05, 3.63) is 68.5 Å². The van der Waals surface area contributed by atoms with Crippen LogP contribution in [-0.4, -0.2) is 12.5 Å². The van der Waals surface area contributed by atoms with Gasteiger partial charge in [0.15, 0.2) is 6.61 Å². The smallest absolute Gasteiger partial charge is 0.336 e. The van der Waals surface area contributed by atoms with Crippen molar-refractivity contribution >= 4 is 34.2 Å². The van der Waals surface area contributed by atoms with Crippen LogP contribution >= 0.6 is 11.6 Å². The van der Waals surface area contributed by atoms with Crippen molar-refractivity contribution in [1.29, 1.82) is 0 Å². The summed E-state index contributed by atoms with van der Waals surface area (Å²) >= 11 is 6.28. The lowest BCUT2D eigenvalue weighted by Crippen LogP contribution is -2.22. The molecular formula is C22H22ClNO4. The maximum atomic E-state index is 12.5. The number of ether oxygens (including phenoxy) is 1. The molecule has 0 spiro atoms. The molecule has 5 nitrogen and oxygen atoms in total. The molecule has 0 aliphatic heterocycles. The number of rotatable bonds is 6. The first-order valence-electron chi connectivity index (χ1n) is 9.20. The SMILES string of the molecule is CCc1ccc(Cl)c(CC)c1NC(=O)COc1ccc2c(C)cc(=O)oc2c1. The Morgan fingerprint density at radius 2 is 1.93 bits per heavy atom. The van der Waals surface area contributed by atoms with Crippen LogP contribution in [-0.2, 0) is 17.6 Å². The molecule has 1 N–H and O–H groups in total. The Bertz CT molecular complexity index is 1090. The molecule has 0 aliphatic rings. The quantitative estimate of drug-likeness (QED) is 0.599. The normalized spacial score (nSPS) is 10.9. The molecule has 0 saturated carbocycles. The number of hydrogen-bond donors (Lipinski definition) is 1. The van der Waals surface area contributed by atoms with Gasteiger partial charge in [-0.3, -0.25) is 4.79 Å². The minimum absolute atomic E-state index is 0.166. The van der Waals surface area contributed by atoms with E-state index in [-0.39, 0.29) is 12.5 Å². The molecule has 0 unspecified atom stereocenters. The van der Waals surface area contributed by atoms with E-state index < -0.39 is 5.63 Å². The number of hydrogen-bond acceptors (Lipinski definition) is 4. The Morgan fingerprint density at radius 3 is 2.64 bits per heavy atom. The molecule has 0 atom stereocenters. The summed E-state index contributed by atoms with van der Waals surface area (Å²) in [5, 5.41) is 4.39. The Balaban J connectivity index is 1.76. The lowest BCUT2D eigenvalue weighted by Gasteiger charge is -2.16. The first kappa shape index (κ1) is 20.0. The molecule has 146 valence electrons. The topological polar surface area (TPSA) is 68.5 Å². The predicted molar refractivity (Wildman–Crippen MR) is 112 cm³/mol. The molecule has 3 rings (SSSR count). The van der Waals surface area contributed by atoms with E-state index in [1.54, 1.807) is 12.1 Å². The van der Waals surface area contributed by atoms with Gasteiger partial charge in [-0.05, 0) is 54.7 Å². The van der Waals surface area contributed by atoms with E-state index in [9.17, 15) is 9.59 Å². The van der Waals surface area contributed by atoms with Crippen LogP contribution in [0.15, 0.2) is 45.6 Å². The zero-order valence-electron chi connectivity index (χ0n) is 16.1.